The lowest BCUT2D eigenvalue weighted by atomic mass is 10.1. The average Bonchev–Trinajstić information content (AvgIpc) is 2.37. The monoisotopic (exact) mass is 280 g/mol. The van der Waals surface area contributed by atoms with Gasteiger partial charge in [0.05, 0.1) is 5.02 Å². The average molecular weight is 281 g/mol. The first-order chi connectivity index (χ1) is 8.61. The molecule has 0 bridgehead atoms. The molecule has 0 N–H and O–H groups in total. The van der Waals surface area contributed by atoms with E-state index in [4.69, 9.17) is 27.9 Å². The molecule has 0 heterocycles. The highest BCUT2D eigenvalue weighted by Crippen LogP contribution is 2.35. The second kappa shape index (κ2) is 5.42. The predicted molar refractivity (Wildman–Crippen MR) is 73.1 cm³/mol. The van der Waals surface area contributed by atoms with Crippen molar-refractivity contribution in [1.29, 1.82) is 0 Å². The van der Waals surface area contributed by atoms with E-state index < -0.39 is 0 Å². The summed E-state index contributed by atoms with van der Waals surface area (Å²) in [6, 6.07) is 10.4. The third-order valence-electron chi connectivity index (χ3n) is 2.48. The fourth-order valence-electron chi connectivity index (χ4n) is 1.48. The van der Waals surface area contributed by atoms with E-state index in [1.54, 1.807) is 30.3 Å². The lowest BCUT2D eigenvalue weighted by Crippen LogP contribution is -1.90. The van der Waals surface area contributed by atoms with E-state index in [1.807, 2.05) is 13.0 Å². The summed E-state index contributed by atoms with van der Waals surface area (Å²) in [6.07, 6.45) is 0.770. The second-order valence-corrected chi connectivity index (χ2v) is 4.58. The van der Waals surface area contributed by atoms with Crippen molar-refractivity contribution in [3.8, 4) is 11.5 Å². The van der Waals surface area contributed by atoms with Gasteiger partial charge in [-0.1, -0.05) is 41.4 Å². The molecule has 0 fully saturated rings. The molecule has 0 aliphatic carbocycles. The maximum Gasteiger partial charge on any atom is 0.150 e. The van der Waals surface area contributed by atoms with Crippen LogP contribution >= 0.6 is 23.2 Å². The minimum atomic E-state index is 0.357. The van der Waals surface area contributed by atoms with Gasteiger partial charge in [-0.05, 0) is 30.7 Å². The number of ether oxygens (including phenoxy) is 1. The summed E-state index contributed by atoms with van der Waals surface area (Å²) >= 11 is 12.0. The van der Waals surface area contributed by atoms with Crippen LogP contribution < -0.4 is 4.74 Å². The van der Waals surface area contributed by atoms with E-state index in [1.165, 1.54) is 0 Å². The maximum atomic E-state index is 10.7. The van der Waals surface area contributed by atoms with Gasteiger partial charge in [-0.25, -0.2) is 0 Å². The molecule has 0 atom stereocenters. The molecule has 0 aliphatic heterocycles. The molecule has 4 heteroatoms. The maximum absolute atomic E-state index is 10.7. The van der Waals surface area contributed by atoms with E-state index in [2.05, 4.69) is 0 Å². The molecule has 0 aliphatic rings. The number of carbonyl (C=O) groups excluding carboxylic acids is 1. The Hall–Kier alpha value is -1.51. The summed E-state index contributed by atoms with van der Waals surface area (Å²) in [6.45, 7) is 1.89. The minimum absolute atomic E-state index is 0.357. The minimum Gasteiger partial charge on any atom is -0.455 e. The fourth-order valence-corrected chi connectivity index (χ4v) is 1.81. The highest BCUT2D eigenvalue weighted by Gasteiger charge is 2.08. The van der Waals surface area contributed by atoms with Crippen LogP contribution in [0.3, 0.4) is 0 Å². The zero-order valence-electron chi connectivity index (χ0n) is 9.61. The van der Waals surface area contributed by atoms with E-state index in [-0.39, 0.29) is 0 Å². The largest absolute Gasteiger partial charge is 0.455 e. The first-order valence-electron chi connectivity index (χ1n) is 5.29. The van der Waals surface area contributed by atoms with Crippen molar-refractivity contribution in [2.24, 2.45) is 0 Å². The van der Waals surface area contributed by atoms with Crippen LogP contribution in [0.1, 0.15) is 15.9 Å². The van der Waals surface area contributed by atoms with Crippen LogP contribution in [0.4, 0.5) is 0 Å². The number of aryl methyl sites for hydroxylation is 1. The van der Waals surface area contributed by atoms with Crippen LogP contribution in [0.15, 0.2) is 36.4 Å². The van der Waals surface area contributed by atoms with Crippen molar-refractivity contribution in [2.45, 2.75) is 6.92 Å². The quantitative estimate of drug-likeness (QED) is 0.747. The number of aldehydes is 1. The molecule has 0 aromatic heterocycles. The van der Waals surface area contributed by atoms with Crippen LogP contribution in [0.2, 0.25) is 10.0 Å². The van der Waals surface area contributed by atoms with Gasteiger partial charge in [0, 0.05) is 5.56 Å². The number of benzene rings is 2. The Morgan fingerprint density at radius 3 is 2.61 bits per heavy atom. The number of rotatable bonds is 3. The van der Waals surface area contributed by atoms with Crippen LogP contribution in [-0.2, 0) is 0 Å². The van der Waals surface area contributed by atoms with Gasteiger partial charge < -0.3 is 4.74 Å². The van der Waals surface area contributed by atoms with Gasteiger partial charge >= 0.3 is 0 Å². The smallest absolute Gasteiger partial charge is 0.150 e. The van der Waals surface area contributed by atoms with Crippen LogP contribution in [0.5, 0.6) is 11.5 Å². The SMILES string of the molecule is Cc1ccc(C=O)cc1Oc1cccc(Cl)c1Cl. The standard InChI is InChI=1S/C14H10Cl2O2/c1-9-5-6-10(8-17)7-13(9)18-12-4-2-3-11(15)14(12)16/h2-8H,1H3. The van der Waals surface area contributed by atoms with Crippen molar-refractivity contribution in [3.05, 3.63) is 57.6 Å². The van der Waals surface area contributed by atoms with Crippen molar-refractivity contribution < 1.29 is 9.53 Å². The molecule has 18 heavy (non-hydrogen) atoms. The summed E-state index contributed by atoms with van der Waals surface area (Å²) in [5.41, 5.74) is 1.46. The molecule has 0 saturated heterocycles. The number of carbonyl (C=O) groups is 1. The highest BCUT2D eigenvalue weighted by molar-refractivity contribution is 6.42. The number of hydrogen-bond acceptors (Lipinski definition) is 2. The molecule has 0 radical (unpaired) electrons. The molecule has 2 rings (SSSR count). The first-order valence-corrected chi connectivity index (χ1v) is 6.05. The zero-order chi connectivity index (χ0) is 13.1. The Balaban J connectivity index is 2.39. The van der Waals surface area contributed by atoms with Crippen LogP contribution in [0, 0.1) is 6.92 Å². The Labute approximate surface area is 115 Å². The molecule has 2 aromatic carbocycles. The van der Waals surface area contributed by atoms with Gasteiger partial charge in [-0.2, -0.15) is 0 Å². The fraction of sp³-hybridized carbons (Fsp3) is 0.0714. The summed E-state index contributed by atoms with van der Waals surface area (Å²) in [5, 5.41) is 0.786. The predicted octanol–water partition coefficient (Wildman–Crippen LogP) is 4.91. The van der Waals surface area contributed by atoms with Gasteiger partial charge in [-0.15, -0.1) is 0 Å². The summed E-state index contributed by atoms with van der Waals surface area (Å²) < 4.78 is 5.69. The molecule has 0 saturated carbocycles. The summed E-state index contributed by atoms with van der Waals surface area (Å²) in [7, 11) is 0. The molecule has 0 amide bonds. The lowest BCUT2D eigenvalue weighted by molar-refractivity contribution is 0.112. The molecule has 92 valence electrons. The molecule has 0 unspecified atom stereocenters. The van der Waals surface area contributed by atoms with E-state index >= 15 is 0 Å². The van der Waals surface area contributed by atoms with Crippen LogP contribution in [0.25, 0.3) is 0 Å². The Kier molecular flexibility index (Phi) is 3.90. The van der Waals surface area contributed by atoms with Crippen molar-refractivity contribution in [2.75, 3.05) is 0 Å². The Bertz CT molecular complexity index is 594. The highest BCUT2D eigenvalue weighted by atomic mass is 35.5. The molecule has 0 spiro atoms. The van der Waals surface area contributed by atoms with Gasteiger partial charge in [-0.3, -0.25) is 4.79 Å². The summed E-state index contributed by atoms with van der Waals surface area (Å²) in [5.74, 6) is 1.05. The normalized spacial score (nSPS) is 10.2. The molecule has 2 nitrogen and oxygen atoms in total. The van der Waals surface area contributed by atoms with Gasteiger partial charge in [0.1, 0.15) is 22.8 Å². The third-order valence-corrected chi connectivity index (χ3v) is 3.29. The number of halogens is 2. The van der Waals surface area contributed by atoms with E-state index in [9.17, 15) is 4.79 Å². The van der Waals surface area contributed by atoms with E-state index in [0.29, 0.717) is 27.1 Å². The molecular weight excluding hydrogens is 271 g/mol. The van der Waals surface area contributed by atoms with Crippen molar-refractivity contribution in [1.82, 2.24) is 0 Å². The van der Waals surface area contributed by atoms with Crippen molar-refractivity contribution >= 4 is 29.5 Å². The number of hydrogen-bond donors (Lipinski definition) is 0. The molecular formula is C14H10Cl2O2. The Morgan fingerprint density at radius 1 is 1.11 bits per heavy atom. The van der Waals surface area contributed by atoms with Gasteiger partial charge in [0.2, 0.25) is 0 Å². The lowest BCUT2D eigenvalue weighted by Gasteiger charge is -2.11. The topological polar surface area (TPSA) is 26.3 Å². The summed E-state index contributed by atoms with van der Waals surface area (Å²) in [4.78, 5) is 10.7. The second-order valence-electron chi connectivity index (χ2n) is 3.80. The van der Waals surface area contributed by atoms with Gasteiger partial charge in [0.25, 0.3) is 0 Å². The van der Waals surface area contributed by atoms with Gasteiger partial charge in [0.15, 0.2) is 0 Å². The van der Waals surface area contributed by atoms with E-state index in [0.717, 1.165) is 11.8 Å². The zero-order valence-corrected chi connectivity index (χ0v) is 11.1. The Morgan fingerprint density at radius 2 is 1.89 bits per heavy atom. The molecule has 2 aromatic rings. The van der Waals surface area contributed by atoms with Crippen LogP contribution in [-0.4, -0.2) is 6.29 Å². The van der Waals surface area contributed by atoms with Crippen molar-refractivity contribution in [3.63, 3.8) is 0 Å². The first kappa shape index (κ1) is 12.9. The third kappa shape index (κ3) is 2.66.